The summed E-state index contributed by atoms with van der Waals surface area (Å²) >= 11 is 0. The van der Waals surface area contributed by atoms with Gasteiger partial charge in [0.05, 0.1) is 12.6 Å². The molecule has 2 heterocycles. The second kappa shape index (κ2) is 6.96. The van der Waals surface area contributed by atoms with Gasteiger partial charge in [-0.05, 0) is 37.5 Å². The Morgan fingerprint density at radius 1 is 1.36 bits per heavy atom. The Kier molecular flexibility index (Phi) is 4.74. The molecule has 0 bridgehead atoms. The van der Waals surface area contributed by atoms with Crippen LogP contribution >= 0.6 is 0 Å². The van der Waals surface area contributed by atoms with Gasteiger partial charge in [-0.1, -0.05) is 6.07 Å². The van der Waals surface area contributed by atoms with E-state index in [0.717, 1.165) is 12.0 Å². The van der Waals surface area contributed by atoms with Crippen LogP contribution in [0.2, 0.25) is 0 Å². The summed E-state index contributed by atoms with van der Waals surface area (Å²) in [6, 6.07) is 5.25. The van der Waals surface area contributed by atoms with Crippen molar-refractivity contribution in [2.45, 2.75) is 25.8 Å². The van der Waals surface area contributed by atoms with Gasteiger partial charge in [-0.2, -0.15) is 0 Å². The fourth-order valence-corrected chi connectivity index (χ4v) is 2.88. The topological polar surface area (TPSA) is 72.4 Å². The minimum Gasteiger partial charge on any atom is -0.493 e. The van der Waals surface area contributed by atoms with Crippen LogP contribution in [0, 0.1) is 12.7 Å². The molecule has 3 rings (SSSR count). The molecule has 2 amide bonds. The highest BCUT2D eigenvalue weighted by atomic mass is 19.1. The summed E-state index contributed by atoms with van der Waals surface area (Å²) in [5.74, 6) is 0.0573. The number of nitrogens with zero attached hydrogens (tertiary/aromatic N) is 1. The lowest BCUT2D eigenvalue weighted by molar-refractivity contribution is 0.247. The number of pyridine rings is 1. The number of aryl methyl sites for hydroxylation is 2. The summed E-state index contributed by atoms with van der Waals surface area (Å²) < 4.78 is 20.4. The van der Waals surface area contributed by atoms with E-state index in [1.807, 2.05) is 0 Å². The van der Waals surface area contributed by atoms with Gasteiger partial charge in [-0.25, -0.2) is 9.18 Å². The molecule has 0 saturated heterocycles. The van der Waals surface area contributed by atoms with Gasteiger partial charge in [0.25, 0.3) is 5.56 Å². The third kappa shape index (κ3) is 3.65. The minimum absolute atomic E-state index is 0.242. The molecule has 7 heteroatoms. The molecule has 2 aromatic rings. The van der Waals surface area contributed by atoms with Crippen molar-refractivity contribution >= 4 is 11.7 Å². The number of hydrogen-bond acceptors (Lipinski definition) is 3. The van der Waals surface area contributed by atoms with E-state index in [1.54, 1.807) is 32.3 Å². The molecule has 6 nitrogen and oxygen atoms in total. The van der Waals surface area contributed by atoms with E-state index in [-0.39, 0.29) is 23.1 Å². The van der Waals surface area contributed by atoms with Crippen LogP contribution in [-0.4, -0.2) is 17.2 Å². The molecule has 0 unspecified atom stereocenters. The van der Waals surface area contributed by atoms with Gasteiger partial charge in [-0.15, -0.1) is 0 Å². The number of nitrogens with one attached hydrogen (secondary N) is 2. The Labute approximate surface area is 144 Å². The molecule has 0 saturated carbocycles. The van der Waals surface area contributed by atoms with Crippen molar-refractivity contribution in [3.05, 3.63) is 57.8 Å². The number of carbonyl (C=O) groups excluding carboxylic acids is 1. The van der Waals surface area contributed by atoms with Gasteiger partial charge in [-0.3, -0.25) is 4.79 Å². The number of urea groups is 1. The van der Waals surface area contributed by atoms with Gasteiger partial charge in [0, 0.05) is 24.9 Å². The van der Waals surface area contributed by atoms with Crippen molar-refractivity contribution in [3.63, 3.8) is 0 Å². The van der Waals surface area contributed by atoms with Gasteiger partial charge in [0.1, 0.15) is 17.3 Å². The number of fused-ring (bicyclic) bond motifs is 1. The third-order valence-corrected chi connectivity index (χ3v) is 4.27. The summed E-state index contributed by atoms with van der Waals surface area (Å²) in [6.45, 7) is 2.23. The van der Waals surface area contributed by atoms with Gasteiger partial charge in [0.15, 0.2) is 0 Å². The Hall–Kier alpha value is -2.83. The van der Waals surface area contributed by atoms with Crippen LogP contribution in [0.4, 0.5) is 14.9 Å². The lowest BCUT2D eigenvalue weighted by atomic mass is 10.0. The van der Waals surface area contributed by atoms with Crippen LogP contribution in [0.25, 0.3) is 0 Å². The predicted octanol–water partition coefficient (Wildman–Crippen LogP) is 2.87. The standard InChI is InChI=1S/C18H20FN3O3/c1-11-7-8-22(2)17(23)16(11)21-18(24)20-14-4-3-9-25-15-10-12(19)5-6-13(14)15/h5-8,10,14H,3-4,9H2,1-2H3,(H2,20,21,24)/t14-/m1/s1. The zero-order chi connectivity index (χ0) is 18.0. The summed E-state index contributed by atoms with van der Waals surface area (Å²) in [5.41, 5.74) is 1.38. The molecule has 2 N–H and O–H groups in total. The summed E-state index contributed by atoms with van der Waals surface area (Å²) in [6.07, 6.45) is 3.04. The SMILES string of the molecule is Cc1ccn(C)c(=O)c1NC(=O)N[C@@H]1CCCOc2cc(F)ccc21. The van der Waals surface area contributed by atoms with Crippen LogP contribution in [0.15, 0.2) is 35.3 Å². The molecule has 132 valence electrons. The smallest absolute Gasteiger partial charge is 0.319 e. The maximum absolute atomic E-state index is 13.4. The number of ether oxygens (including phenoxy) is 1. The van der Waals surface area contributed by atoms with Crippen molar-refractivity contribution in [2.24, 2.45) is 7.05 Å². The first-order chi connectivity index (χ1) is 12.0. The number of benzene rings is 1. The molecule has 0 aliphatic carbocycles. The second-order valence-electron chi connectivity index (χ2n) is 6.11. The normalized spacial score (nSPS) is 16.4. The Bertz CT molecular complexity index is 863. The molecule has 25 heavy (non-hydrogen) atoms. The van der Waals surface area contributed by atoms with Crippen LogP contribution < -0.4 is 20.9 Å². The van der Waals surface area contributed by atoms with Crippen molar-refractivity contribution < 1.29 is 13.9 Å². The first-order valence-electron chi connectivity index (χ1n) is 8.11. The molecule has 0 radical (unpaired) electrons. The summed E-state index contributed by atoms with van der Waals surface area (Å²) in [5, 5.41) is 5.49. The highest BCUT2D eigenvalue weighted by molar-refractivity contribution is 5.90. The van der Waals surface area contributed by atoms with Crippen LogP contribution in [0.1, 0.15) is 30.0 Å². The lowest BCUT2D eigenvalue weighted by Crippen LogP contribution is -2.35. The number of anilines is 1. The van der Waals surface area contributed by atoms with Gasteiger partial charge < -0.3 is 19.9 Å². The molecule has 0 fully saturated rings. The molecular weight excluding hydrogens is 325 g/mol. The molecular formula is C18H20FN3O3. The second-order valence-corrected chi connectivity index (χ2v) is 6.11. The third-order valence-electron chi connectivity index (χ3n) is 4.27. The van der Waals surface area contributed by atoms with Crippen molar-refractivity contribution in [3.8, 4) is 5.75 Å². The molecule has 1 aliphatic rings. The fourth-order valence-electron chi connectivity index (χ4n) is 2.88. The zero-order valence-corrected chi connectivity index (χ0v) is 14.1. The van der Waals surface area contributed by atoms with E-state index in [1.165, 1.54) is 16.7 Å². The maximum Gasteiger partial charge on any atom is 0.319 e. The number of aromatic nitrogens is 1. The molecule has 1 aliphatic heterocycles. The van der Waals surface area contributed by atoms with E-state index >= 15 is 0 Å². The maximum atomic E-state index is 13.4. The number of hydrogen-bond donors (Lipinski definition) is 2. The first kappa shape index (κ1) is 17.0. The van der Waals surface area contributed by atoms with Crippen LogP contribution in [0.5, 0.6) is 5.75 Å². The summed E-state index contributed by atoms with van der Waals surface area (Å²) in [7, 11) is 1.62. The average Bonchev–Trinajstić information content (AvgIpc) is 2.77. The minimum atomic E-state index is -0.478. The van der Waals surface area contributed by atoms with Crippen molar-refractivity contribution in [1.29, 1.82) is 0 Å². The Morgan fingerprint density at radius 3 is 2.96 bits per heavy atom. The number of halogens is 1. The first-order valence-corrected chi connectivity index (χ1v) is 8.11. The number of amides is 2. The molecule has 0 spiro atoms. The monoisotopic (exact) mass is 345 g/mol. The fraction of sp³-hybridized carbons (Fsp3) is 0.333. The molecule has 1 aromatic heterocycles. The van der Waals surface area contributed by atoms with Crippen LogP contribution in [0.3, 0.4) is 0 Å². The zero-order valence-electron chi connectivity index (χ0n) is 14.1. The largest absolute Gasteiger partial charge is 0.493 e. The van der Waals surface area contributed by atoms with Crippen molar-refractivity contribution in [2.75, 3.05) is 11.9 Å². The number of rotatable bonds is 2. The molecule has 1 atom stereocenters. The Morgan fingerprint density at radius 2 is 2.16 bits per heavy atom. The average molecular weight is 345 g/mol. The highest BCUT2D eigenvalue weighted by Gasteiger charge is 2.22. The lowest BCUT2D eigenvalue weighted by Gasteiger charge is -2.19. The van der Waals surface area contributed by atoms with E-state index in [4.69, 9.17) is 4.74 Å². The number of carbonyl (C=O) groups is 1. The molecule has 1 aromatic carbocycles. The quantitative estimate of drug-likeness (QED) is 0.879. The van der Waals surface area contributed by atoms with Crippen molar-refractivity contribution in [1.82, 2.24) is 9.88 Å². The van der Waals surface area contributed by atoms with E-state index in [0.29, 0.717) is 24.3 Å². The summed E-state index contributed by atoms with van der Waals surface area (Å²) in [4.78, 5) is 24.6. The Balaban J connectivity index is 1.80. The van der Waals surface area contributed by atoms with E-state index in [9.17, 15) is 14.0 Å². The van der Waals surface area contributed by atoms with E-state index in [2.05, 4.69) is 10.6 Å². The van der Waals surface area contributed by atoms with E-state index < -0.39 is 6.03 Å². The van der Waals surface area contributed by atoms with Crippen LogP contribution in [-0.2, 0) is 7.05 Å². The van der Waals surface area contributed by atoms with Gasteiger partial charge in [0.2, 0.25) is 0 Å². The van der Waals surface area contributed by atoms with Gasteiger partial charge >= 0.3 is 6.03 Å². The highest BCUT2D eigenvalue weighted by Crippen LogP contribution is 2.32. The predicted molar refractivity (Wildman–Crippen MR) is 92.4 cm³/mol.